The van der Waals surface area contributed by atoms with Crippen molar-refractivity contribution in [3.8, 4) is 11.8 Å². The molecule has 8 heteroatoms. The number of benzene rings is 1. The van der Waals surface area contributed by atoms with E-state index in [4.69, 9.17) is 0 Å². The lowest BCUT2D eigenvalue weighted by atomic mass is 10.2. The van der Waals surface area contributed by atoms with Crippen molar-refractivity contribution in [2.24, 2.45) is 0 Å². The van der Waals surface area contributed by atoms with Gasteiger partial charge in [-0.3, -0.25) is 14.2 Å². The third-order valence-corrected chi connectivity index (χ3v) is 6.60. The van der Waals surface area contributed by atoms with Crippen LogP contribution in [0.1, 0.15) is 23.3 Å². The third kappa shape index (κ3) is 3.79. The molecule has 5 nitrogen and oxygen atoms in total. The van der Waals surface area contributed by atoms with Crippen molar-refractivity contribution in [1.82, 2.24) is 9.88 Å². The van der Waals surface area contributed by atoms with Crippen molar-refractivity contribution in [2.45, 2.75) is 25.8 Å². The van der Waals surface area contributed by atoms with E-state index in [9.17, 15) is 19.2 Å². The number of thiazole rings is 1. The first-order valence-electron chi connectivity index (χ1n) is 8.97. The van der Waals surface area contributed by atoms with Gasteiger partial charge in [0.15, 0.2) is 5.57 Å². The predicted octanol–water partition coefficient (Wildman–Crippen LogP) is 2.19. The van der Waals surface area contributed by atoms with Gasteiger partial charge in [0.2, 0.25) is 0 Å². The Hall–Kier alpha value is -3.02. The van der Waals surface area contributed by atoms with Crippen LogP contribution in [-0.2, 0) is 4.79 Å². The van der Waals surface area contributed by atoms with Crippen molar-refractivity contribution in [2.75, 3.05) is 0 Å². The lowest BCUT2D eigenvalue weighted by Gasteiger charge is -2.05. The van der Waals surface area contributed by atoms with E-state index in [1.54, 1.807) is 12.1 Å². The number of nitrogens with zero attached hydrogens (tertiary/aromatic N) is 2. The average Bonchev–Trinajstić information content (AvgIpc) is 3.34. The molecule has 3 aromatic rings. The number of halogens is 1. The molecule has 29 heavy (non-hydrogen) atoms. The SMILES string of the molecule is Cc1ccsc1/C=c1/s/c(=C(/C#N)C(=O)NC2CC2)n(-c2ccccc2F)c1=O. The number of para-hydroxylation sites is 1. The molecule has 0 aliphatic heterocycles. The summed E-state index contributed by atoms with van der Waals surface area (Å²) < 4.78 is 16.1. The van der Waals surface area contributed by atoms with Gasteiger partial charge in [0.05, 0.1) is 10.2 Å². The third-order valence-electron chi connectivity index (χ3n) is 4.55. The lowest BCUT2D eigenvalue weighted by Crippen LogP contribution is -2.34. The Labute approximate surface area is 173 Å². The van der Waals surface area contributed by atoms with Gasteiger partial charge >= 0.3 is 0 Å². The van der Waals surface area contributed by atoms with Gasteiger partial charge in [0.25, 0.3) is 11.5 Å². The molecule has 0 radical (unpaired) electrons. The second kappa shape index (κ2) is 7.78. The van der Waals surface area contributed by atoms with E-state index >= 15 is 0 Å². The van der Waals surface area contributed by atoms with E-state index in [0.29, 0.717) is 4.53 Å². The van der Waals surface area contributed by atoms with Crippen LogP contribution in [0.25, 0.3) is 17.3 Å². The molecule has 146 valence electrons. The first kappa shape index (κ1) is 19.3. The average molecular weight is 426 g/mol. The quantitative estimate of drug-likeness (QED) is 0.696. The number of nitriles is 1. The molecule has 1 N–H and O–H groups in total. The molecule has 1 amide bonds. The number of nitrogens with one attached hydrogen (secondary N) is 1. The predicted molar refractivity (Wildman–Crippen MR) is 112 cm³/mol. The highest BCUT2D eigenvalue weighted by molar-refractivity contribution is 7.11. The van der Waals surface area contributed by atoms with E-state index in [2.05, 4.69) is 5.32 Å². The van der Waals surface area contributed by atoms with Crippen LogP contribution < -0.4 is 20.1 Å². The fourth-order valence-electron chi connectivity index (χ4n) is 2.83. The molecule has 2 aromatic heterocycles. The maximum absolute atomic E-state index is 14.5. The molecular weight excluding hydrogens is 409 g/mol. The van der Waals surface area contributed by atoms with Crippen molar-refractivity contribution < 1.29 is 9.18 Å². The first-order valence-corrected chi connectivity index (χ1v) is 10.7. The van der Waals surface area contributed by atoms with E-state index in [-0.39, 0.29) is 22.0 Å². The van der Waals surface area contributed by atoms with Crippen molar-refractivity contribution in [3.05, 3.63) is 71.5 Å². The van der Waals surface area contributed by atoms with Crippen LogP contribution in [0, 0.1) is 24.1 Å². The second-order valence-electron chi connectivity index (χ2n) is 6.71. The number of carbonyl (C=O) groups excluding carboxylic acids is 1. The number of aromatic nitrogens is 1. The lowest BCUT2D eigenvalue weighted by molar-refractivity contribution is -0.115. The number of amides is 1. The van der Waals surface area contributed by atoms with E-state index in [0.717, 1.165) is 39.2 Å². The molecular formula is C21H16FN3O2S2. The molecule has 0 saturated heterocycles. The number of hydrogen-bond acceptors (Lipinski definition) is 5. The molecule has 1 aliphatic rings. The highest BCUT2D eigenvalue weighted by Crippen LogP contribution is 2.19. The number of hydrogen-bond donors (Lipinski definition) is 1. The van der Waals surface area contributed by atoms with Gasteiger partial charge in [-0.25, -0.2) is 4.39 Å². The molecule has 1 aliphatic carbocycles. The molecule has 4 rings (SSSR count). The van der Waals surface area contributed by atoms with Crippen molar-refractivity contribution >= 4 is 40.2 Å². The molecule has 1 aromatic carbocycles. The first-order chi connectivity index (χ1) is 14.0. The smallest absolute Gasteiger partial charge is 0.273 e. The molecule has 0 atom stereocenters. The number of rotatable bonds is 4. The van der Waals surface area contributed by atoms with Crippen LogP contribution in [0.15, 0.2) is 40.5 Å². The van der Waals surface area contributed by atoms with Crippen LogP contribution in [0.3, 0.4) is 0 Å². The van der Waals surface area contributed by atoms with E-state index < -0.39 is 17.3 Å². The van der Waals surface area contributed by atoms with Gasteiger partial charge in [-0.05, 0) is 55.0 Å². The minimum Gasteiger partial charge on any atom is -0.349 e. The van der Waals surface area contributed by atoms with Gasteiger partial charge in [0, 0.05) is 10.9 Å². The van der Waals surface area contributed by atoms with Crippen LogP contribution in [0.4, 0.5) is 4.39 Å². The zero-order valence-corrected chi connectivity index (χ0v) is 17.1. The maximum Gasteiger partial charge on any atom is 0.273 e. The summed E-state index contributed by atoms with van der Waals surface area (Å²) in [5.41, 5.74) is 0.371. The summed E-state index contributed by atoms with van der Waals surface area (Å²) in [6, 6.07) is 9.74. The van der Waals surface area contributed by atoms with Crippen LogP contribution in [0.5, 0.6) is 0 Å². The molecule has 1 saturated carbocycles. The van der Waals surface area contributed by atoms with E-state index in [1.807, 2.05) is 24.4 Å². The second-order valence-corrected chi connectivity index (χ2v) is 8.69. The molecule has 1 fully saturated rings. The summed E-state index contributed by atoms with van der Waals surface area (Å²) in [5, 5.41) is 14.4. The Kier molecular flexibility index (Phi) is 5.18. The van der Waals surface area contributed by atoms with Crippen LogP contribution in [0.2, 0.25) is 0 Å². The van der Waals surface area contributed by atoms with Gasteiger partial charge in [-0.2, -0.15) is 5.26 Å². The Morgan fingerprint density at radius 1 is 1.34 bits per heavy atom. The minimum absolute atomic E-state index is 0.0123. The fourth-order valence-corrected chi connectivity index (χ4v) is 4.84. The van der Waals surface area contributed by atoms with Gasteiger partial charge in [-0.15, -0.1) is 22.7 Å². The van der Waals surface area contributed by atoms with Gasteiger partial charge in [0.1, 0.15) is 16.5 Å². The standard InChI is InChI=1S/C21H16FN3O2S2/c1-12-8-9-28-17(12)10-18-20(27)25(16-5-3-2-4-15(16)22)21(29-18)14(11-23)19(26)24-13-6-7-13/h2-5,8-10,13H,6-7H2,1H3,(H,24,26)/b18-10+,21-14-. The fraction of sp³-hybridized carbons (Fsp3) is 0.190. The number of carbonyl (C=O) groups is 1. The molecule has 2 heterocycles. The topological polar surface area (TPSA) is 74.9 Å². The summed E-state index contributed by atoms with van der Waals surface area (Å²) in [6.07, 6.45) is 3.46. The highest BCUT2D eigenvalue weighted by atomic mass is 32.1. The number of aryl methyl sites for hydroxylation is 1. The summed E-state index contributed by atoms with van der Waals surface area (Å²) in [6.45, 7) is 1.93. The Bertz CT molecular complexity index is 1320. The molecule has 0 spiro atoms. The summed E-state index contributed by atoms with van der Waals surface area (Å²) in [4.78, 5) is 26.7. The summed E-state index contributed by atoms with van der Waals surface area (Å²) in [7, 11) is 0. The van der Waals surface area contributed by atoms with E-state index in [1.165, 1.54) is 29.5 Å². The Morgan fingerprint density at radius 3 is 2.72 bits per heavy atom. The molecule has 0 bridgehead atoms. The molecule has 0 unspecified atom stereocenters. The minimum atomic E-state index is -0.604. The van der Waals surface area contributed by atoms with Crippen molar-refractivity contribution in [3.63, 3.8) is 0 Å². The highest BCUT2D eigenvalue weighted by Gasteiger charge is 2.26. The Balaban J connectivity index is 2.04. The van der Waals surface area contributed by atoms with Gasteiger partial charge < -0.3 is 5.32 Å². The van der Waals surface area contributed by atoms with Crippen molar-refractivity contribution in [1.29, 1.82) is 5.26 Å². The normalized spacial score (nSPS) is 15.1. The summed E-state index contributed by atoms with van der Waals surface area (Å²) in [5.74, 6) is -1.15. The Morgan fingerprint density at radius 2 is 2.10 bits per heavy atom. The largest absolute Gasteiger partial charge is 0.349 e. The van der Waals surface area contributed by atoms with Gasteiger partial charge in [-0.1, -0.05) is 12.1 Å². The zero-order valence-electron chi connectivity index (χ0n) is 15.4. The maximum atomic E-state index is 14.5. The van der Waals surface area contributed by atoms with Crippen LogP contribution >= 0.6 is 22.7 Å². The zero-order chi connectivity index (χ0) is 20.5. The monoisotopic (exact) mass is 425 g/mol. The summed E-state index contributed by atoms with van der Waals surface area (Å²) >= 11 is 2.50. The number of thiophene rings is 1. The van der Waals surface area contributed by atoms with Crippen LogP contribution in [-0.4, -0.2) is 16.5 Å².